The molecule has 3 fully saturated rings. The van der Waals surface area contributed by atoms with E-state index in [1.807, 2.05) is 0 Å². The van der Waals surface area contributed by atoms with Gasteiger partial charge in [0.25, 0.3) is 0 Å². The van der Waals surface area contributed by atoms with E-state index >= 15 is 0 Å². The summed E-state index contributed by atoms with van der Waals surface area (Å²) in [4.78, 5) is 15.6. The zero-order valence-corrected chi connectivity index (χ0v) is 14.0. The van der Waals surface area contributed by atoms with Crippen LogP contribution >= 0.6 is 0 Å². The van der Waals surface area contributed by atoms with Gasteiger partial charge in [0.15, 0.2) is 0 Å². The number of carbonyl (C=O) groups is 1. The first-order valence-corrected chi connectivity index (χ1v) is 9.19. The number of hydrogen-bond acceptors (Lipinski definition) is 2. The van der Waals surface area contributed by atoms with Crippen molar-refractivity contribution in [3.63, 3.8) is 0 Å². The second-order valence-corrected chi connectivity index (χ2v) is 7.85. The van der Waals surface area contributed by atoms with Crippen LogP contribution in [-0.2, 0) is 4.79 Å². The van der Waals surface area contributed by atoms with Gasteiger partial charge in [-0.2, -0.15) is 0 Å². The van der Waals surface area contributed by atoms with E-state index in [0.717, 1.165) is 12.8 Å². The highest BCUT2D eigenvalue weighted by Crippen LogP contribution is 2.42. The Labute approximate surface area is 129 Å². The topological polar surface area (TPSA) is 32.3 Å². The van der Waals surface area contributed by atoms with Gasteiger partial charge in [0, 0.05) is 6.04 Å². The van der Waals surface area contributed by atoms with Crippen molar-refractivity contribution in [3.05, 3.63) is 0 Å². The number of nitrogens with one attached hydrogen (secondary N) is 1. The van der Waals surface area contributed by atoms with Gasteiger partial charge in [-0.25, -0.2) is 0 Å². The van der Waals surface area contributed by atoms with Gasteiger partial charge in [-0.1, -0.05) is 52.9 Å². The van der Waals surface area contributed by atoms with Crippen LogP contribution < -0.4 is 5.32 Å². The summed E-state index contributed by atoms with van der Waals surface area (Å²) in [5.41, 5.74) is -0.204. The van der Waals surface area contributed by atoms with Crippen LogP contribution in [0.3, 0.4) is 0 Å². The Balaban J connectivity index is 1.88. The quantitative estimate of drug-likeness (QED) is 0.860. The molecule has 0 aromatic heterocycles. The first-order chi connectivity index (χ1) is 10.1. The molecule has 3 rings (SSSR count). The summed E-state index contributed by atoms with van der Waals surface area (Å²) in [6.07, 6.45) is 11.2. The Bertz CT molecular complexity index is 387. The van der Waals surface area contributed by atoms with E-state index in [1.54, 1.807) is 0 Å². The largest absolute Gasteiger partial charge is 0.322 e. The third-order valence-corrected chi connectivity index (χ3v) is 6.21. The minimum absolute atomic E-state index is 0.204. The van der Waals surface area contributed by atoms with Crippen LogP contribution in [-0.4, -0.2) is 28.6 Å². The van der Waals surface area contributed by atoms with Gasteiger partial charge in [0.1, 0.15) is 0 Å². The van der Waals surface area contributed by atoms with E-state index in [0.29, 0.717) is 23.8 Å². The number of rotatable bonds is 3. The van der Waals surface area contributed by atoms with Gasteiger partial charge in [-0.15, -0.1) is 0 Å². The van der Waals surface area contributed by atoms with Crippen LogP contribution in [0, 0.1) is 11.8 Å². The Hall–Kier alpha value is -0.570. The average Bonchev–Trinajstić information content (AvgIpc) is 3.06. The van der Waals surface area contributed by atoms with Crippen molar-refractivity contribution in [1.29, 1.82) is 0 Å². The number of hydrogen-bond donors (Lipinski definition) is 1. The lowest BCUT2D eigenvalue weighted by atomic mass is 9.81. The van der Waals surface area contributed by atoms with Gasteiger partial charge >= 0.3 is 0 Å². The molecule has 0 aromatic rings. The Morgan fingerprint density at radius 3 is 2.48 bits per heavy atom. The predicted molar refractivity (Wildman–Crippen MR) is 85.8 cm³/mol. The van der Waals surface area contributed by atoms with Crippen LogP contribution in [0.4, 0.5) is 0 Å². The molecule has 120 valence electrons. The highest BCUT2D eigenvalue weighted by molar-refractivity contribution is 5.89. The van der Waals surface area contributed by atoms with Crippen molar-refractivity contribution in [2.45, 2.75) is 96.3 Å². The third-order valence-electron chi connectivity index (χ3n) is 6.21. The van der Waals surface area contributed by atoms with E-state index in [1.165, 1.54) is 44.9 Å². The highest BCUT2D eigenvalue weighted by atomic mass is 16.2. The first kappa shape index (κ1) is 15.3. The maximum atomic E-state index is 13.3. The molecule has 3 atom stereocenters. The first-order valence-electron chi connectivity index (χ1n) is 9.19. The summed E-state index contributed by atoms with van der Waals surface area (Å²) in [6, 6.07) is 0.483. The fourth-order valence-electron chi connectivity index (χ4n) is 5.00. The molecule has 3 heteroatoms. The van der Waals surface area contributed by atoms with Gasteiger partial charge < -0.3 is 4.90 Å². The second kappa shape index (κ2) is 5.91. The fourth-order valence-corrected chi connectivity index (χ4v) is 5.00. The standard InChI is InChI=1S/C18H32N2O/c1-4-14-9-5-6-10-15(14)20-16(13(2)3)19-18(17(20)21)11-7-8-12-18/h13-16,19H,4-12H2,1-3H3. The molecule has 1 amide bonds. The lowest BCUT2D eigenvalue weighted by molar-refractivity contribution is -0.137. The Morgan fingerprint density at radius 2 is 1.86 bits per heavy atom. The summed E-state index contributed by atoms with van der Waals surface area (Å²) < 4.78 is 0. The molecule has 2 saturated carbocycles. The normalized spacial score (nSPS) is 36.1. The summed E-state index contributed by atoms with van der Waals surface area (Å²) in [5, 5.41) is 3.78. The molecule has 3 nitrogen and oxygen atoms in total. The lowest BCUT2D eigenvalue weighted by Crippen LogP contribution is -2.51. The molecule has 2 aliphatic carbocycles. The third kappa shape index (κ3) is 2.52. The molecule has 1 aliphatic heterocycles. The van der Waals surface area contributed by atoms with E-state index in [9.17, 15) is 4.79 Å². The monoisotopic (exact) mass is 292 g/mol. The minimum Gasteiger partial charge on any atom is -0.322 e. The van der Waals surface area contributed by atoms with E-state index < -0.39 is 0 Å². The van der Waals surface area contributed by atoms with Crippen LogP contribution in [0.1, 0.15) is 78.6 Å². The van der Waals surface area contributed by atoms with Crippen molar-refractivity contribution in [2.24, 2.45) is 11.8 Å². The van der Waals surface area contributed by atoms with Crippen molar-refractivity contribution in [3.8, 4) is 0 Å². The van der Waals surface area contributed by atoms with Gasteiger partial charge in [-0.05, 0) is 37.5 Å². The van der Waals surface area contributed by atoms with Gasteiger partial charge in [0.05, 0.1) is 11.7 Å². The van der Waals surface area contributed by atoms with Gasteiger partial charge in [-0.3, -0.25) is 10.1 Å². The van der Waals surface area contributed by atoms with Crippen molar-refractivity contribution in [1.82, 2.24) is 10.2 Å². The second-order valence-electron chi connectivity index (χ2n) is 7.85. The summed E-state index contributed by atoms with van der Waals surface area (Å²) >= 11 is 0. The Kier molecular flexibility index (Phi) is 4.31. The molecule has 3 aliphatic rings. The van der Waals surface area contributed by atoms with E-state index in [2.05, 4.69) is 31.0 Å². The summed E-state index contributed by atoms with van der Waals surface area (Å²) in [5.74, 6) is 1.64. The predicted octanol–water partition coefficient (Wildman–Crippen LogP) is 3.68. The van der Waals surface area contributed by atoms with E-state index in [4.69, 9.17) is 0 Å². The molecular formula is C18H32N2O. The molecule has 1 N–H and O–H groups in total. The van der Waals surface area contributed by atoms with E-state index in [-0.39, 0.29) is 11.7 Å². The van der Waals surface area contributed by atoms with Gasteiger partial charge in [0.2, 0.25) is 5.91 Å². The van der Waals surface area contributed by atoms with Crippen molar-refractivity contribution < 1.29 is 4.79 Å². The number of amides is 1. The smallest absolute Gasteiger partial charge is 0.244 e. The van der Waals surface area contributed by atoms with Crippen LogP contribution in [0.25, 0.3) is 0 Å². The summed E-state index contributed by atoms with van der Waals surface area (Å²) in [6.45, 7) is 6.82. The molecule has 1 heterocycles. The van der Waals surface area contributed by atoms with Crippen LogP contribution in [0.15, 0.2) is 0 Å². The molecular weight excluding hydrogens is 260 g/mol. The zero-order valence-electron chi connectivity index (χ0n) is 14.0. The number of nitrogens with zero attached hydrogens (tertiary/aromatic N) is 1. The molecule has 1 saturated heterocycles. The maximum Gasteiger partial charge on any atom is 0.244 e. The fraction of sp³-hybridized carbons (Fsp3) is 0.944. The molecule has 0 aromatic carbocycles. The SMILES string of the molecule is CCC1CCCCC1N1C(=O)C2(CCCC2)NC1C(C)C. The molecule has 3 unspecified atom stereocenters. The van der Waals surface area contributed by atoms with Crippen LogP contribution in [0.2, 0.25) is 0 Å². The molecule has 1 spiro atoms. The highest BCUT2D eigenvalue weighted by Gasteiger charge is 2.55. The average molecular weight is 292 g/mol. The molecule has 21 heavy (non-hydrogen) atoms. The zero-order chi connectivity index (χ0) is 15.0. The Morgan fingerprint density at radius 1 is 1.19 bits per heavy atom. The lowest BCUT2D eigenvalue weighted by Gasteiger charge is -2.41. The minimum atomic E-state index is -0.204. The van der Waals surface area contributed by atoms with Crippen LogP contribution in [0.5, 0.6) is 0 Å². The summed E-state index contributed by atoms with van der Waals surface area (Å²) in [7, 11) is 0. The molecule has 0 bridgehead atoms. The van der Waals surface area contributed by atoms with Crippen molar-refractivity contribution >= 4 is 5.91 Å². The molecule has 0 radical (unpaired) electrons. The maximum absolute atomic E-state index is 13.3. The number of carbonyl (C=O) groups excluding carboxylic acids is 1. The van der Waals surface area contributed by atoms with Crippen molar-refractivity contribution in [2.75, 3.05) is 0 Å².